The number of carbonyl (C=O) groups excluding carboxylic acids is 1. The third-order valence-electron chi connectivity index (χ3n) is 3.93. The first-order valence-corrected chi connectivity index (χ1v) is 8.57. The molecule has 1 N–H and O–H groups in total. The van der Waals surface area contributed by atoms with E-state index < -0.39 is 27.5 Å². The number of hydrogen-bond donors (Lipinski definition) is 1. The van der Waals surface area contributed by atoms with E-state index in [0.29, 0.717) is 6.42 Å². The Morgan fingerprint density at radius 2 is 2.05 bits per heavy atom. The van der Waals surface area contributed by atoms with Crippen LogP contribution in [0.15, 0.2) is 23.1 Å². The largest absolute Gasteiger partial charge is 0.481 e. The van der Waals surface area contributed by atoms with Gasteiger partial charge < -0.3 is 10.0 Å². The summed E-state index contributed by atoms with van der Waals surface area (Å²) in [5.41, 5.74) is 1.52. The van der Waals surface area contributed by atoms with Crippen molar-refractivity contribution < 1.29 is 23.1 Å². The number of carboxylic acids is 1. The van der Waals surface area contributed by atoms with Crippen molar-refractivity contribution in [1.29, 1.82) is 0 Å². The Labute approximate surface area is 129 Å². The molecule has 0 fully saturated rings. The minimum Gasteiger partial charge on any atom is -0.481 e. The molecule has 2 rings (SSSR count). The summed E-state index contributed by atoms with van der Waals surface area (Å²) in [7, 11) is -3.70. The Kier molecular flexibility index (Phi) is 4.28. The fourth-order valence-corrected chi connectivity index (χ4v) is 4.24. The van der Waals surface area contributed by atoms with Crippen LogP contribution >= 0.6 is 0 Å². The summed E-state index contributed by atoms with van der Waals surface area (Å²) in [6, 6.07) is 4.62. The zero-order valence-corrected chi connectivity index (χ0v) is 13.6. The van der Waals surface area contributed by atoms with Crippen LogP contribution in [0.25, 0.3) is 0 Å². The standard InChI is InChI=1S/C15H19NO5S/c1-9-6-12-8-13(4-5-14(12)16(9)11(3)17)22(20,21)10(2)7-15(18)19/h4-5,8-10H,6-7H2,1-3H3,(H,18,19)/t9-,10+/m0/s1. The predicted molar refractivity (Wildman–Crippen MR) is 81.7 cm³/mol. The second kappa shape index (κ2) is 5.72. The van der Waals surface area contributed by atoms with Gasteiger partial charge in [0.1, 0.15) is 0 Å². The Bertz CT molecular complexity index is 725. The fraction of sp³-hybridized carbons (Fsp3) is 0.467. The first-order chi connectivity index (χ1) is 10.1. The average molecular weight is 325 g/mol. The number of amides is 1. The van der Waals surface area contributed by atoms with Gasteiger partial charge in [-0.3, -0.25) is 9.59 Å². The quantitative estimate of drug-likeness (QED) is 0.908. The van der Waals surface area contributed by atoms with Gasteiger partial charge in [-0.05, 0) is 44.0 Å². The number of benzene rings is 1. The molecule has 120 valence electrons. The summed E-state index contributed by atoms with van der Waals surface area (Å²) in [5, 5.41) is 7.78. The minimum atomic E-state index is -3.70. The molecule has 0 bridgehead atoms. The molecule has 0 aliphatic carbocycles. The maximum atomic E-state index is 12.4. The Hall–Kier alpha value is -1.89. The van der Waals surface area contributed by atoms with E-state index in [9.17, 15) is 18.0 Å². The summed E-state index contributed by atoms with van der Waals surface area (Å²) in [4.78, 5) is 24.2. The number of carbonyl (C=O) groups is 2. The van der Waals surface area contributed by atoms with Gasteiger partial charge in [0.25, 0.3) is 0 Å². The third-order valence-corrected chi connectivity index (χ3v) is 6.06. The van der Waals surface area contributed by atoms with E-state index in [0.717, 1.165) is 11.3 Å². The Balaban J connectivity index is 2.39. The van der Waals surface area contributed by atoms with Crippen LogP contribution in [0.5, 0.6) is 0 Å². The molecular formula is C15H19NO5S. The number of hydrogen-bond acceptors (Lipinski definition) is 4. The lowest BCUT2D eigenvalue weighted by Gasteiger charge is -2.20. The lowest BCUT2D eigenvalue weighted by Crippen LogP contribution is -2.33. The van der Waals surface area contributed by atoms with Crippen LogP contribution in [0, 0.1) is 0 Å². The summed E-state index contributed by atoms with van der Waals surface area (Å²) in [5.74, 6) is -1.23. The van der Waals surface area contributed by atoms with Gasteiger partial charge in [-0.1, -0.05) is 0 Å². The molecule has 0 saturated carbocycles. The second-order valence-electron chi connectivity index (χ2n) is 5.69. The van der Waals surface area contributed by atoms with Gasteiger partial charge in [0, 0.05) is 18.7 Å². The summed E-state index contributed by atoms with van der Waals surface area (Å²) >= 11 is 0. The number of fused-ring (bicyclic) bond motifs is 1. The highest BCUT2D eigenvalue weighted by atomic mass is 32.2. The van der Waals surface area contributed by atoms with Crippen LogP contribution in [0.1, 0.15) is 32.8 Å². The highest BCUT2D eigenvalue weighted by Crippen LogP contribution is 2.34. The van der Waals surface area contributed by atoms with Crippen molar-refractivity contribution in [2.75, 3.05) is 4.90 Å². The molecule has 1 aliphatic rings. The van der Waals surface area contributed by atoms with E-state index in [2.05, 4.69) is 0 Å². The predicted octanol–water partition coefficient (Wildman–Crippen LogP) is 1.62. The third kappa shape index (κ3) is 2.85. The second-order valence-corrected chi connectivity index (χ2v) is 8.05. The van der Waals surface area contributed by atoms with Crippen LogP contribution in [0.3, 0.4) is 0 Å². The molecule has 1 aromatic rings. The first-order valence-electron chi connectivity index (χ1n) is 7.03. The number of carboxylic acid groups (broad SMARTS) is 1. The molecule has 1 aliphatic heterocycles. The molecule has 6 nitrogen and oxygen atoms in total. The number of anilines is 1. The monoisotopic (exact) mass is 325 g/mol. The van der Waals surface area contributed by atoms with Crippen molar-refractivity contribution in [2.45, 2.75) is 49.8 Å². The van der Waals surface area contributed by atoms with Gasteiger partial charge >= 0.3 is 5.97 Å². The number of sulfone groups is 1. The maximum Gasteiger partial charge on any atom is 0.304 e. The van der Waals surface area contributed by atoms with Gasteiger partial charge in [-0.25, -0.2) is 8.42 Å². The van der Waals surface area contributed by atoms with E-state index in [-0.39, 0.29) is 16.8 Å². The zero-order valence-electron chi connectivity index (χ0n) is 12.7. The molecule has 1 heterocycles. The van der Waals surface area contributed by atoms with Gasteiger partial charge in [-0.15, -0.1) is 0 Å². The molecule has 0 aromatic heterocycles. The molecule has 7 heteroatoms. The van der Waals surface area contributed by atoms with Crippen molar-refractivity contribution in [3.05, 3.63) is 23.8 Å². The average Bonchev–Trinajstić information content (AvgIpc) is 2.72. The molecule has 1 amide bonds. The van der Waals surface area contributed by atoms with E-state index in [1.54, 1.807) is 17.0 Å². The molecule has 22 heavy (non-hydrogen) atoms. The highest BCUT2D eigenvalue weighted by molar-refractivity contribution is 7.92. The van der Waals surface area contributed by atoms with Gasteiger partial charge in [0.05, 0.1) is 16.6 Å². The summed E-state index contributed by atoms with van der Waals surface area (Å²) in [6.45, 7) is 4.77. The Morgan fingerprint density at radius 1 is 1.41 bits per heavy atom. The van der Waals surface area contributed by atoms with Crippen molar-refractivity contribution in [2.24, 2.45) is 0 Å². The topological polar surface area (TPSA) is 91.8 Å². The smallest absolute Gasteiger partial charge is 0.304 e. The maximum absolute atomic E-state index is 12.4. The first kappa shape index (κ1) is 16.5. The number of aliphatic carboxylic acids is 1. The summed E-state index contributed by atoms with van der Waals surface area (Å²) in [6.07, 6.45) is 0.154. The summed E-state index contributed by atoms with van der Waals surface area (Å²) < 4.78 is 24.8. The Morgan fingerprint density at radius 3 is 2.59 bits per heavy atom. The normalized spacial score (nSPS) is 18.9. The van der Waals surface area contributed by atoms with Crippen LogP contribution in [-0.2, 0) is 25.8 Å². The molecule has 2 atom stereocenters. The van der Waals surface area contributed by atoms with Crippen LogP contribution in [0.4, 0.5) is 5.69 Å². The number of rotatable bonds is 4. The van der Waals surface area contributed by atoms with Gasteiger partial charge in [0.15, 0.2) is 9.84 Å². The SMILES string of the molecule is CC(=O)N1c2ccc(S(=O)(=O)[C@H](C)CC(=O)O)cc2C[C@@H]1C. The fourth-order valence-electron chi connectivity index (χ4n) is 2.85. The highest BCUT2D eigenvalue weighted by Gasteiger charge is 2.32. The van der Waals surface area contributed by atoms with Crippen molar-refractivity contribution in [3.8, 4) is 0 Å². The van der Waals surface area contributed by atoms with E-state index in [1.807, 2.05) is 6.92 Å². The zero-order chi connectivity index (χ0) is 16.7. The lowest BCUT2D eigenvalue weighted by atomic mass is 10.1. The van der Waals surface area contributed by atoms with E-state index in [1.165, 1.54) is 19.9 Å². The molecule has 1 aromatic carbocycles. The van der Waals surface area contributed by atoms with Crippen LogP contribution in [0.2, 0.25) is 0 Å². The van der Waals surface area contributed by atoms with Crippen LogP contribution in [-0.4, -0.2) is 36.7 Å². The molecule has 0 saturated heterocycles. The van der Waals surface area contributed by atoms with Crippen molar-refractivity contribution in [3.63, 3.8) is 0 Å². The van der Waals surface area contributed by atoms with Crippen molar-refractivity contribution in [1.82, 2.24) is 0 Å². The van der Waals surface area contributed by atoms with Gasteiger partial charge in [-0.2, -0.15) is 0 Å². The molecule has 0 radical (unpaired) electrons. The van der Waals surface area contributed by atoms with Crippen molar-refractivity contribution >= 4 is 27.4 Å². The minimum absolute atomic E-state index is 0.0121. The van der Waals surface area contributed by atoms with E-state index >= 15 is 0 Å². The molecule has 0 unspecified atom stereocenters. The number of nitrogens with zero attached hydrogens (tertiary/aromatic N) is 1. The van der Waals surface area contributed by atoms with E-state index in [4.69, 9.17) is 5.11 Å². The molecule has 0 spiro atoms. The van der Waals surface area contributed by atoms with Crippen LogP contribution < -0.4 is 4.90 Å². The molecular weight excluding hydrogens is 306 g/mol. The van der Waals surface area contributed by atoms with Gasteiger partial charge in [0.2, 0.25) is 5.91 Å². The lowest BCUT2D eigenvalue weighted by molar-refractivity contribution is -0.137.